The van der Waals surface area contributed by atoms with Gasteiger partial charge in [0.2, 0.25) is 5.10 Å². The highest BCUT2D eigenvalue weighted by atomic mass is 16.5. The Hall–Kier alpha value is -2.64. The maximum absolute atomic E-state index is 11.8. The monoisotopic (exact) mass is 235 g/mol. The second-order valence-electron chi connectivity index (χ2n) is 3.18. The quantitative estimate of drug-likeness (QED) is 0.501. The third-order valence-corrected chi connectivity index (χ3v) is 2.14. The van der Waals surface area contributed by atoms with Crippen molar-refractivity contribution in [2.45, 2.75) is 0 Å². The summed E-state index contributed by atoms with van der Waals surface area (Å²) in [7, 11) is 1.39. The zero-order chi connectivity index (χ0) is 12.4. The van der Waals surface area contributed by atoms with Crippen molar-refractivity contribution in [1.29, 1.82) is 0 Å². The molecule has 2 N–H and O–H groups in total. The van der Waals surface area contributed by atoms with Gasteiger partial charge in [-0.15, -0.1) is 0 Å². The van der Waals surface area contributed by atoms with Gasteiger partial charge in [0.15, 0.2) is 5.52 Å². The molecular weight excluding hydrogens is 226 g/mol. The molecule has 2 amide bonds. The normalized spacial score (nSPS) is 10.2. The van der Waals surface area contributed by atoms with Crippen LogP contribution in [0.3, 0.4) is 0 Å². The van der Waals surface area contributed by atoms with E-state index in [1.165, 1.54) is 19.2 Å². The van der Waals surface area contributed by atoms with Crippen LogP contribution in [0.4, 0.5) is 10.7 Å². The largest absolute Gasteiger partial charge is 0.739 e. The van der Waals surface area contributed by atoms with Crippen molar-refractivity contribution in [3.63, 3.8) is 0 Å². The first-order valence-corrected chi connectivity index (χ1v) is 4.74. The van der Waals surface area contributed by atoms with Crippen LogP contribution >= 0.6 is 0 Å². The highest BCUT2D eigenvalue weighted by Crippen LogP contribution is 2.05. The van der Waals surface area contributed by atoms with Crippen LogP contribution in [0.2, 0.25) is 0 Å². The number of nitrogens with one attached hydrogen (secondary N) is 2. The zero-order valence-electron chi connectivity index (χ0n) is 8.88. The fourth-order valence-electron chi connectivity index (χ4n) is 1.33. The summed E-state index contributed by atoms with van der Waals surface area (Å²) in [6.45, 7) is 0. The highest BCUT2D eigenvalue weighted by Gasteiger charge is 2.21. The molecule has 88 valence electrons. The maximum atomic E-state index is 11.8. The number of urea groups is 1. The minimum Gasteiger partial charge on any atom is -0.739 e. The van der Waals surface area contributed by atoms with Gasteiger partial charge in [-0.2, -0.15) is 5.32 Å². The lowest BCUT2D eigenvalue weighted by atomic mass is 10.3. The van der Waals surface area contributed by atoms with Gasteiger partial charge < -0.3 is 15.7 Å². The molecular formula is C9H9N5O3. The first-order chi connectivity index (χ1) is 8.13. The van der Waals surface area contributed by atoms with Crippen molar-refractivity contribution in [3.8, 4) is 0 Å². The number of carbonyl (C=O) groups is 1. The van der Waals surface area contributed by atoms with Crippen LogP contribution in [0.15, 0.2) is 24.3 Å². The van der Waals surface area contributed by atoms with Gasteiger partial charge in [0.25, 0.3) is 5.52 Å². The molecule has 0 aliphatic rings. The second-order valence-corrected chi connectivity index (χ2v) is 3.18. The number of hydrogen-bond donors (Lipinski definition) is 2. The molecule has 2 rings (SSSR count). The predicted octanol–water partition coefficient (Wildman–Crippen LogP) is -0.747. The predicted molar refractivity (Wildman–Crippen MR) is 57.7 cm³/mol. The Morgan fingerprint density at radius 3 is 2.59 bits per heavy atom. The molecule has 0 unspecified atom stereocenters. The van der Waals surface area contributed by atoms with Crippen LogP contribution in [-0.2, 0) is 0 Å². The average Bonchev–Trinajstić information content (AvgIpc) is 2.35. The summed E-state index contributed by atoms with van der Waals surface area (Å²) in [6, 6.07) is 5.53. The third kappa shape index (κ3) is 1.87. The molecule has 2 aromatic rings. The number of fused-ring (bicyclic) bond motifs is 1. The van der Waals surface area contributed by atoms with Crippen LogP contribution < -0.4 is 20.2 Å². The number of para-hydroxylation sites is 2. The molecule has 0 aliphatic carbocycles. The molecule has 1 aromatic heterocycles. The van der Waals surface area contributed by atoms with Gasteiger partial charge in [-0.3, -0.25) is 0 Å². The van der Waals surface area contributed by atoms with E-state index >= 15 is 0 Å². The third-order valence-electron chi connectivity index (χ3n) is 2.14. The Labute approximate surface area is 95.6 Å². The van der Waals surface area contributed by atoms with Crippen LogP contribution in [0.25, 0.3) is 11.0 Å². The first-order valence-electron chi connectivity index (χ1n) is 4.74. The van der Waals surface area contributed by atoms with E-state index in [1.54, 1.807) is 12.1 Å². The molecule has 1 heterocycles. The number of aromatic nitrogens is 3. The van der Waals surface area contributed by atoms with Gasteiger partial charge in [-0.25, -0.2) is 9.52 Å². The minimum atomic E-state index is -0.627. The number of anilines is 1. The van der Waals surface area contributed by atoms with Crippen molar-refractivity contribution in [3.05, 3.63) is 34.7 Å². The molecule has 0 atom stereocenters. The van der Waals surface area contributed by atoms with E-state index in [9.17, 15) is 15.2 Å². The highest BCUT2D eigenvalue weighted by molar-refractivity contribution is 5.86. The van der Waals surface area contributed by atoms with Gasteiger partial charge in [0.1, 0.15) is 0 Å². The van der Waals surface area contributed by atoms with E-state index in [0.717, 1.165) is 0 Å². The summed E-state index contributed by atoms with van der Waals surface area (Å²) < 4.78 is 0.388. The summed E-state index contributed by atoms with van der Waals surface area (Å²) in [4.78, 5) is 11.3. The first kappa shape index (κ1) is 10.9. The minimum absolute atomic E-state index is 0.129. The lowest BCUT2D eigenvalue weighted by Gasteiger charge is -2.08. The number of rotatable bonds is 1. The number of nitrogens with zero attached hydrogens (tertiary/aromatic N) is 3. The average molecular weight is 235 g/mol. The molecule has 17 heavy (non-hydrogen) atoms. The maximum Gasteiger partial charge on any atom is 0.469 e. The Kier molecular flexibility index (Phi) is 2.61. The second kappa shape index (κ2) is 4.08. The number of amides is 2. The van der Waals surface area contributed by atoms with Crippen LogP contribution in [0.1, 0.15) is 0 Å². The fourth-order valence-corrected chi connectivity index (χ4v) is 1.33. The van der Waals surface area contributed by atoms with E-state index in [4.69, 9.17) is 0 Å². The van der Waals surface area contributed by atoms with Crippen molar-refractivity contribution < 1.29 is 14.4 Å². The lowest BCUT2D eigenvalue weighted by molar-refractivity contribution is -0.672. The van der Waals surface area contributed by atoms with E-state index < -0.39 is 6.03 Å². The number of hydrogen-bond acceptors (Lipinski definition) is 4. The summed E-state index contributed by atoms with van der Waals surface area (Å²) in [5, 5.41) is 31.1. The Morgan fingerprint density at radius 2 is 1.94 bits per heavy atom. The summed E-state index contributed by atoms with van der Waals surface area (Å²) in [6.07, 6.45) is 0. The Morgan fingerprint density at radius 1 is 1.29 bits per heavy atom. The lowest BCUT2D eigenvalue weighted by Crippen LogP contribution is -2.45. The zero-order valence-corrected chi connectivity index (χ0v) is 8.88. The Balaban J connectivity index is 2.58. The van der Waals surface area contributed by atoms with Crippen LogP contribution in [0, 0.1) is 10.4 Å². The number of carbonyl (C=O) groups excluding carboxylic acids is 1. The van der Waals surface area contributed by atoms with E-state index in [0.29, 0.717) is 4.73 Å². The van der Waals surface area contributed by atoms with Gasteiger partial charge in [0, 0.05) is 18.0 Å². The fraction of sp³-hybridized carbons (Fsp3) is 0.111. The number of benzene rings is 1. The van der Waals surface area contributed by atoms with E-state index in [-0.39, 0.29) is 21.8 Å². The van der Waals surface area contributed by atoms with Gasteiger partial charge in [0.05, 0.1) is 0 Å². The molecule has 8 heteroatoms. The van der Waals surface area contributed by atoms with Crippen molar-refractivity contribution in [2.75, 3.05) is 12.4 Å². The van der Waals surface area contributed by atoms with Crippen LogP contribution in [0.5, 0.6) is 0 Å². The van der Waals surface area contributed by atoms with Crippen molar-refractivity contribution in [2.24, 2.45) is 0 Å². The van der Waals surface area contributed by atoms with Gasteiger partial charge >= 0.3 is 12.0 Å². The van der Waals surface area contributed by atoms with Crippen LogP contribution in [-0.4, -0.2) is 18.2 Å². The molecule has 0 aliphatic heterocycles. The summed E-state index contributed by atoms with van der Waals surface area (Å²) in [5.74, 6) is -0.377. The molecule has 0 bridgehead atoms. The molecule has 1 aromatic carbocycles. The summed E-state index contributed by atoms with van der Waals surface area (Å²) >= 11 is 0. The molecule has 0 spiro atoms. The molecule has 0 fully saturated rings. The molecule has 0 radical (unpaired) electrons. The van der Waals surface area contributed by atoms with E-state index in [2.05, 4.69) is 15.7 Å². The van der Waals surface area contributed by atoms with Gasteiger partial charge in [-0.1, -0.05) is 12.1 Å². The topological polar surface area (TPSA) is 108 Å². The molecule has 0 saturated carbocycles. The van der Waals surface area contributed by atoms with Crippen molar-refractivity contribution >= 4 is 23.0 Å². The van der Waals surface area contributed by atoms with Gasteiger partial charge in [-0.05, 0) is 6.07 Å². The molecule has 0 saturated heterocycles. The smallest absolute Gasteiger partial charge is 0.469 e. The standard InChI is InChI=1S/C9H9N5O3/c1-10-9(15)11-8-12-14(17)7-5-3-2-4-6(7)13(8)16/h2-5H,1H3,(H2,10,11,12,15). The SMILES string of the molecule is CNC(=O)Nc1n[n+]([O-])c2ccccc2[n+]1[O-]. The summed E-state index contributed by atoms with van der Waals surface area (Å²) in [5.41, 5.74) is 0.258. The van der Waals surface area contributed by atoms with Crippen molar-refractivity contribution in [1.82, 2.24) is 10.4 Å². The Bertz CT molecular complexity index is 586. The molecule has 8 nitrogen and oxygen atoms in total. The van der Waals surface area contributed by atoms with E-state index in [1.807, 2.05) is 0 Å².